The Balaban J connectivity index is 2.03. The van der Waals surface area contributed by atoms with Gasteiger partial charge in [0.2, 0.25) is 0 Å². The second kappa shape index (κ2) is 7.08. The lowest BCUT2D eigenvalue weighted by Crippen LogP contribution is -2.14. The zero-order chi connectivity index (χ0) is 15.2. The van der Waals surface area contributed by atoms with Gasteiger partial charge in [-0.1, -0.05) is 30.3 Å². The zero-order valence-corrected chi connectivity index (χ0v) is 12.8. The van der Waals surface area contributed by atoms with Gasteiger partial charge in [-0.15, -0.1) is 0 Å². The quantitative estimate of drug-likeness (QED) is 0.888. The van der Waals surface area contributed by atoms with Crippen LogP contribution in [0.15, 0.2) is 46.9 Å². The summed E-state index contributed by atoms with van der Waals surface area (Å²) in [4.78, 5) is 11.8. The van der Waals surface area contributed by atoms with Gasteiger partial charge in [-0.25, -0.2) is 9.18 Å². The molecule has 6 heteroatoms. The molecule has 2 aromatic rings. The number of ether oxygens (including phenoxy) is 2. The number of methoxy groups -OCH3 is 1. The Kier molecular flexibility index (Phi) is 5.16. The van der Waals surface area contributed by atoms with E-state index in [9.17, 15) is 9.18 Å². The first-order valence-corrected chi connectivity index (χ1v) is 6.90. The highest BCUT2D eigenvalue weighted by atomic mass is 79.9. The van der Waals surface area contributed by atoms with E-state index in [1.165, 1.54) is 19.2 Å². The number of nitrogens with one attached hydrogen (secondary N) is 1. The summed E-state index contributed by atoms with van der Waals surface area (Å²) in [7, 11) is 1.39. The van der Waals surface area contributed by atoms with Gasteiger partial charge < -0.3 is 9.47 Å². The Morgan fingerprint density at radius 3 is 2.67 bits per heavy atom. The summed E-state index contributed by atoms with van der Waals surface area (Å²) in [5.74, 6) is -0.263. The van der Waals surface area contributed by atoms with Crippen LogP contribution in [-0.2, 0) is 11.3 Å². The van der Waals surface area contributed by atoms with Gasteiger partial charge in [-0.2, -0.15) is 0 Å². The van der Waals surface area contributed by atoms with Crippen LogP contribution in [-0.4, -0.2) is 13.2 Å². The second-order valence-electron chi connectivity index (χ2n) is 4.15. The third-order valence-electron chi connectivity index (χ3n) is 2.68. The van der Waals surface area contributed by atoms with Gasteiger partial charge in [0.05, 0.1) is 7.11 Å². The molecular formula is C15H13BrFNO3. The average molecular weight is 354 g/mol. The minimum atomic E-state index is -0.649. The molecule has 0 fully saturated rings. The maximum atomic E-state index is 13.2. The highest BCUT2D eigenvalue weighted by molar-refractivity contribution is 9.10. The van der Waals surface area contributed by atoms with E-state index in [1.54, 1.807) is 0 Å². The van der Waals surface area contributed by atoms with Crippen LogP contribution in [0, 0.1) is 5.82 Å². The molecule has 4 nitrogen and oxygen atoms in total. The molecule has 1 N–H and O–H groups in total. The summed E-state index contributed by atoms with van der Waals surface area (Å²) in [5.41, 5.74) is 1.19. The highest BCUT2D eigenvalue weighted by Crippen LogP contribution is 2.33. The van der Waals surface area contributed by atoms with Crippen LogP contribution >= 0.6 is 15.9 Å². The molecule has 21 heavy (non-hydrogen) atoms. The maximum Gasteiger partial charge on any atom is 0.412 e. The molecule has 0 unspecified atom stereocenters. The molecule has 1 amide bonds. The molecule has 0 saturated carbocycles. The van der Waals surface area contributed by atoms with E-state index in [0.29, 0.717) is 10.2 Å². The van der Waals surface area contributed by atoms with Crippen LogP contribution in [0.4, 0.5) is 14.9 Å². The number of hydrogen-bond acceptors (Lipinski definition) is 3. The Labute approximate surface area is 130 Å². The van der Waals surface area contributed by atoms with E-state index in [0.717, 1.165) is 5.56 Å². The van der Waals surface area contributed by atoms with Crippen molar-refractivity contribution in [2.45, 2.75) is 6.61 Å². The van der Waals surface area contributed by atoms with Crippen LogP contribution < -0.4 is 10.1 Å². The van der Waals surface area contributed by atoms with Crippen LogP contribution in [0.2, 0.25) is 0 Å². The molecule has 110 valence electrons. The van der Waals surface area contributed by atoms with Crippen molar-refractivity contribution in [3.8, 4) is 5.75 Å². The van der Waals surface area contributed by atoms with Crippen LogP contribution in [0.3, 0.4) is 0 Å². The summed E-state index contributed by atoms with van der Waals surface area (Å²) in [6, 6.07) is 11.7. The fraction of sp³-hybridized carbons (Fsp3) is 0.133. The van der Waals surface area contributed by atoms with Crippen molar-refractivity contribution in [3.05, 3.63) is 58.3 Å². The van der Waals surface area contributed by atoms with E-state index in [2.05, 4.69) is 21.2 Å². The van der Waals surface area contributed by atoms with E-state index < -0.39 is 11.9 Å². The molecule has 0 aromatic heterocycles. The fourth-order valence-corrected chi connectivity index (χ4v) is 2.21. The molecule has 0 heterocycles. The van der Waals surface area contributed by atoms with Crippen molar-refractivity contribution in [1.29, 1.82) is 0 Å². The first-order chi connectivity index (χ1) is 10.1. The molecular weight excluding hydrogens is 341 g/mol. The molecule has 0 saturated heterocycles. The van der Waals surface area contributed by atoms with Gasteiger partial charge in [-0.3, -0.25) is 5.32 Å². The molecule has 0 atom stereocenters. The largest absolute Gasteiger partial charge is 0.494 e. The van der Waals surface area contributed by atoms with E-state index >= 15 is 0 Å². The Morgan fingerprint density at radius 2 is 2.00 bits per heavy atom. The van der Waals surface area contributed by atoms with E-state index in [-0.39, 0.29) is 12.4 Å². The number of hydrogen-bond donors (Lipinski definition) is 1. The van der Waals surface area contributed by atoms with Crippen molar-refractivity contribution in [3.63, 3.8) is 0 Å². The van der Waals surface area contributed by atoms with Crippen molar-refractivity contribution in [2.24, 2.45) is 0 Å². The van der Waals surface area contributed by atoms with Gasteiger partial charge in [0.15, 0.2) is 0 Å². The third-order valence-corrected chi connectivity index (χ3v) is 3.30. The Bertz CT molecular complexity index is 634. The van der Waals surface area contributed by atoms with Gasteiger partial charge >= 0.3 is 6.09 Å². The monoisotopic (exact) mass is 353 g/mol. The Morgan fingerprint density at radius 1 is 1.29 bits per heavy atom. The first-order valence-electron chi connectivity index (χ1n) is 6.11. The van der Waals surface area contributed by atoms with Crippen molar-refractivity contribution in [2.75, 3.05) is 12.4 Å². The molecule has 0 aliphatic heterocycles. The third kappa shape index (κ3) is 4.19. The minimum Gasteiger partial charge on any atom is -0.494 e. The van der Waals surface area contributed by atoms with Crippen LogP contribution in [0.5, 0.6) is 5.75 Å². The smallest absolute Gasteiger partial charge is 0.412 e. The lowest BCUT2D eigenvalue weighted by molar-refractivity contribution is 0.155. The minimum absolute atomic E-state index is 0.147. The SMILES string of the molecule is COc1cc(F)cc(Br)c1NC(=O)OCc1ccccc1. The first kappa shape index (κ1) is 15.3. The van der Waals surface area contributed by atoms with Crippen molar-refractivity contribution < 1.29 is 18.7 Å². The van der Waals surface area contributed by atoms with Crippen LogP contribution in [0.1, 0.15) is 5.56 Å². The summed E-state index contributed by atoms with van der Waals surface area (Å²) < 4.78 is 23.7. The lowest BCUT2D eigenvalue weighted by Gasteiger charge is -2.12. The molecule has 0 aliphatic carbocycles. The molecule has 2 rings (SSSR count). The molecule has 0 spiro atoms. The molecule has 2 aromatic carbocycles. The number of amides is 1. The fourth-order valence-electron chi connectivity index (χ4n) is 1.69. The maximum absolute atomic E-state index is 13.2. The molecule has 0 bridgehead atoms. The normalized spacial score (nSPS) is 10.0. The van der Waals surface area contributed by atoms with Gasteiger partial charge in [-0.05, 0) is 27.6 Å². The summed E-state index contributed by atoms with van der Waals surface area (Å²) in [6.07, 6.45) is -0.649. The van der Waals surface area contributed by atoms with Crippen molar-refractivity contribution >= 4 is 27.7 Å². The number of anilines is 1. The molecule has 0 aliphatic rings. The van der Waals surface area contributed by atoms with E-state index in [4.69, 9.17) is 9.47 Å². The predicted molar refractivity (Wildman–Crippen MR) is 80.9 cm³/mol. The highest BCUT2D eigenvalue weighted by Gasteiger charge is 2.14. The van der Waals surface area contributed by atoms with Gasteiger partial charge in [0, 0.05) is 10.5 Å². The second-order valence-corrected chi connectivity index (χ2v) is 5.01. The van der Waals surface area contributed by atoms with Crippen LogP contribution in [0.25, 0.3) is 0 Å². The lowest BCUT2D eigenvalue weighted by atomic mass is 10.2. The number of benzene rings is 2. The standard InChI is InChI=1S/C15H13BrFNO3/c1-20-13-8-11(17)7-12(16)14(13)18-15(19)21-9-10-5-3-2-4-6-10/h2-8H,9H2,1H3,(H,18,19). The van der Waals surface area contributed by atoms with Crippen molar-refractivity contribution in [1.82, 2.24) is 0 Å². The van der Waals surface area contributed by atoms with Gasteiger partial charge in [0.25, 0.3) is 0 Å². The summed E-state index contributed by atoms with van der Waals surface area (Å²) >= 11 is 3.17. The Hall–Kier alpha value is -2.08. The number of halogens is 2. The zero-order valence-electron chi connectivity index (χ0n) is 11.2. The van der Waals surface area contributed by atoms with Gasteiger partial charge in [0.1, 0.15) is 23.9 Å². The number of rotatable bonds is 4. The topological polar surface area (TPSA) is 47.6 Å². The predicted octanol–water partition coefficient (Wildman–Crippen LogP) is 4.35. The molecule has 0 radical (unpaired) electrons. The van der Waals surface area contributed by atoms with E-state index in [1.807, 2.05) is 30.3 Å². The summed E-state index contributed by atoms with van der Waals surface area (Å²) in [6.45, 7) is 0.147. The average Bonchev–Trinajstić information content (AvgIpc) is 2.48. The number of carbonyl (C=O) groups is 1. The summed E-state index contributed by atoms with van der Waals surface area (Å²) in [5, 5.41) is 2.53. The number of carbonyl (C=O) groups excluding carboxylic acids is 1.